The zero-order valence-corrected chi connectivity index (χ0v) is 19.2. The Kier molecular flexibility index (Phi) is 4.93. The van der Waals surface area contributed by atoms with Crippen molar-refractivity contribution in [1.82, 2.24) is 15.6 Å². The van der Waals surface area contributed by atoms with Gasteiger partial charge in [0.2, 0.25) is 0 Å². The van der Waals surface area contributed by atoms with Crippen LogP contribution in [0.25, 0.3) is 10.2 Å². The van der Waals surface area contributed by atoms with E-state index in [1.807, 2.05) is 37.3 Å². The number of hydrogen-bond acceptors (Lipinski definition) is 8. The van der Waals surface area contributed by atoms with E-state index in [1.165, 1.54) is 11.3 Å². The minimum atomic E-state index is -0.189. The summed E-state index contributed by atoms with van der Waals surface area (Å²) < 4.78 is 18.1. The molecule has 0 radical (unpaired) electrons. The molecule has 3 aliphatic heterocycles. The molecule has 3 aliphatic rings. The van der Waals surface area contributed by atoms with Crippen molar-refractivity contribution >= 4 is 33.1 Å². The Morgan fingerprint density at radius 3 is 2.97 bits per heavy atom. The van der Waals surface area contributed by atoms with Crippen molar-refractivity contribution in [3.63, 3.8) is 0 Å². The smallest absolute Gasteiger partial charge is 0.263 e. The van der Waals surface area contributed by atoms with Crippen LogP contribution in [0.15, 0.2) is 30.3 Å². The van der Waals surface area contributed by atoms with Crippen molar-refractivity contribution < 1.29 is 19.0 Å². The summed E-state index contributed by atoms with van der Waals surface area (Å²) >= 11 is 1.32. The zero-order valence-electron chi connectivity index (χ0n) is 18.3. The lowest BCUT2D eigenvalue weighted by Crippen LogP contribution is -2.59. The maximum absolute atomic E-state index is 12.9. The molecule has 1 amide bonds. The fourth-order valence-corrected chi connectivity index (χ4v) is 5.79. The van der Waals surface area contributed by atoms with Crippen molar-refractivity contribution in [3.05, 3.63) is 46.5 Å². The number of nitrogen functional groups attached to an aromatic ring is 1. The van der Waals surface area contributed by atoms with Gasteiger partial charge < -0.3 is 30.6 Å². The van der Waals surface area contributed by atoms with Crippen LogP contribution in [0.1, 0.15) is 27.3 Å². The number of fused-ring (bicyclic) bond motifs is 2. The number of ether oxygens (including phenoxy) is 3. The summed E-state index contributed by atoms with van der Waals surface area (Å²) in [6.45, 7) is 4.73. The lowest BCUT2D eigenvalue weighted by molar-refractivity contribution is -0.0368. The van der Waals surface area contributed by atoms with Crippen molar-refractivity contribution in [1.29, 1.82) is 0 Å². The van der Waals surface area contributed by atoms with Gasteiger partial charge in [0.15, 0.2) is 0 Å². The largest absolute Gasteiger partial charge is 0.491 e. The van der Waals surface area contributed by atoms with E-state index >= 15 is 0 Å². The Bertz CT molecular complexity index is 1240. The lowest BCUT2D eigenvalue weighted by Gasteiger charge is -2.37. The van der Waals surface area contributed by atoms with E-state index < -0.39 is 0 Å². The van der Waals surface area contributed by atoms with E-state index in [9.17, 15) is 4.79 Å². The van der Waals surface area contributed by atoms with Crippen molar-refractivity contribution in [2.75, 3.05) is 32.0 Å². The molecule has 8 nitrogen and oxygen atoms in total. The highest BCUT2D eigenvalue weighted by molar-refractivity contribution is 7.21. The first-order chi connectivity index (χ1) is 16.0. The van der Waals surface area contributed by atoms with Crippen LogP contribution < -0.4 is 25.8 Å². The van der Waals surface area contributed by atoms with Gasteiger partial charge in [-0.15, -0.1) is 11.3 Å². The SMILES string of the molecule is Cc1ccc2c(N)c(C(=O)N[C@H]3COc4cc(O[C@H]5COC6(CNC6)C5)ccc4C3)sc2n1. The van der Waals surface area contributed by atoms with E-state index in [-0.39, 0.29) is 23.7 Å². The van der Waals surface area contributed by atoms with Crippen LogP contribution in [0.4, 0.5) is 5.69 Å². The van der Waals surface area contributed by atoms with Crippen LogP contribution in [0.2, 0.25) is 0 Å². The number of aromatic nitrogens is 1. The highest BCUT2D eigenvalue weighted by atomic mass is 32.1. The van der Waals surface area contributed by atoms with Gasteiger partial charge >= 0.3 is 0 Å². The number of thiophene rings is 1. The molecule has 9 heteroatoms. The Morgan fingerprint density at radius 1 is 1.30 bits per heavy atom. The first kappa shape index (κ1) is 20.7. The molecule has 2 saturated heterocycles. The van der Waals surface area contributed by atoms with Crippen molar-refractivity contribution in [2.45, 2.75) is 37.5 Å². The van der Waals surface area contributed by atoms with E-state index in [4.69, 9.17) is 19.9 Å². The highest BCUT2D eigenvalue weighted by Gasteiger charge is 2.46. The van der Waals surface area contributed by atoms with Gasteiger partial charge in [0, 0.05) is 36.7 Å². The second-order valence-electron chi connectivity index (χ2n) is 9.15. The molecule has 172 valence electrons. The van der Waals surface area contributed by atoms with Crippen LogP contribution in [-0.2, 0) is 11.2 Å². The van der Waals surface area contributed by atoms with Gasteiger partial charge in [-0.1, -0.05) is 6.07 Å². The number of aryl methyl sites for hydroxylation is 1. The fraction of sp³-hybridized carbons (Fsp3) is 0.417. The molecule has 6 rings (SSSR count). The number of carbonyl (C=O) groups excluding carboxylic acids is 1. The number of anilines is 1. The molecule has 4 N–H and O–H groups in total. The first-order valence-electron chi connectivity index (χ1n) is 11.2. The normalized spacial score (nSPS) is 23.1. The van der Waals surface area contributed by atoms with Crippen LogP contribution >= 0.6 is 11.3 Å². The number of carbonyl (C=O) groups is 1. The summed E-state index contributed by atoms with van der Waals surface area (Å²) in [5.41, 5.74) is 8.63. The van der Waals surface area contributed by atoms with Crippen molar-refractivity contribution in [2.24, 2.45) is 0 Å². The number of nitrogens with one attached hydrogen (secondary N) is 2. The van der Waals surface area contributed by atoms with Gasteiger partial charge in [-0.2, -0.15) is 0 Å². The Morgan fingerprint density at radius 2 is 2.18 bits per heavy atom. The third kappa shape index (κ3) is 3.80. The zero-order chi connectivity index (χ0) is 22.6. The molecule has 0 aliphatic carbocycles. The predicted octanol–water partition coefficient (Wildman–Crippen LogP) is 2.43. The Labute approximate surface area is 195 Å². The quantitative estimate of drug-likeness (QED) is 0.542. The van der Waals surface area contributed by atoms with Crippen molar-refractivity contribution in [3.8, 4) is 11.5 Å². The van der Waals surface area contributed by atoms with E-state index in [1.54, 1.807) is 0 Å². The predicted molar refractivity (Wildman–Crippen MR) is 126 cm³/mol. The van der Waals surface area contributed by atoms with Crippen LogP contribution in [0.5, 0.6) is 11.5 Å². The molecule has 2 fully saturated rings. The standard InChI is InChI=1S/C24H26N4O4S/c1-13-2-5-18-20(25)21(33-23(18)27-13)22(29)28-15-6-14-3-4-16(7-19(14)30-9-15)32-17-8-24(31-10-17)11-26-12-24/h2-5,7,15,17,26H,6,8-12,25H2,1H3,(H,28,29)/t15-,17-/m1/s1. The molecule has 2 atom stereocenters. The second-order valence-corrected chi connectivity index (χ2v) is 10.1. The summed E-state index contributed by atoms with van der Waals surface area (Å²) in [7, 11) is 0. The molecule has 2 aromatic heterocycles. The molecule has 5 heterocycles. The lowest BCUT2D eigenvalue weighted by atomic mass is 9.93. The topological polar surface area (TPSA) is 108 Å². The van der Waals surface area contributed by atoms with Gasteiger partial charge in [-0.25, -0.2) is 4.98 Å². The highest BCUT2D eigenvalue weighted by Crippen LogP contribution is 2.35. The number of amides is 1. The first-order valence-corrected chi connectivity index (χ1v) is 12.0. The molecule has 33 heavy (non-hydrogen) atoms. The molecular weight excluding hydrogens is 440 g/mol. The van der Waals surface area contributed by atoms with Gasteiger partial charge in [0.25, 0.3) is 5.91 Å². The summed E-state index contributed by atoms with van der Waals surface area (Å²) in [5, 5.41) is 7.16. The number of pyridine rings is 1. The molecule has 0 bridgehead atoms. The average molecular weight is 467 g/mol. The minimum absolute atomic E-state index is 0.0342. The van der Waals surface area contributed by atoms with Gasteiger partial charge in [-0.05, 0) is 37.1 Å². The Balaban J connectivity index is 1.11. The molecule has 3 aromatic rings. The Hall–Kier alpha value is -2.88. The third-order valence-electron chi connectivity index (χ3n) is 6.59. The summed E-state index contributed by atoms with van der Waals surface area (Å²) in [5.74, 6) is 1.40. The summed E-state index contributed by atoms with van der Waals surface area (Å²) in [6, 6.07) is 9.61. The van der Waals surface area contributed by atoms with E-state index in [0.29, 0.717) is 30.2 Å². The van der Waals surface area contributed by atoms with E-state index in [2.05, 4.69) is 15.6 Å². The average Bonchev–Trinajstić information content (AvgIpc) is 3.35. The summed E-state index contributed by atoms with van der Waals surface area (Å²) in [6.07, 6.45) is 1.65. The maximum Gasteiger partial charge on any atom is 0.263 e. The van der Waals surface area contributed by atoms with Gasteiger partial charge in [-0.3, -0.25) is 4.79 Å². The van der Waals surface area contributed by atoms with Gasteiger partial charge in [0.1, 0.15) is 33.9 Å². The van der Waals surface area contributed by atoms with Crippen LogP contribution in [0, 0.1) is 6.92 Å². The fourth-order valence-electron chi connectivity index (χ4n) is 4.75. The van der Waals surface area contributed by atoms with Crippen LogP contribution in [-0.4, -0.2) is 54.9 Å². The molecule has 1 spiro atoms. The number of rotatable bonds is 4. The van der Waals surface area contributed by atoms with Crippen LogP contribution in [0.3, 0.4) is 0 Å². The minimum Gasteiger partial charge on any atom is -0.491 e. The molecule has 1 aromatic carbocycles. The molecule has 0 saturated carbocycles. The number of hydrogen-bond donors (Lipinski definition) is 3. The number of nitrogens with two attached hydrogens (primary N) is 1. The molecular formula is C24H26N4O4S. The second kappa shape index (κ2) is 7.86. The van der Waals surface area contributed by atoms with Gasteiger partial charge in [0.05, 0.1) is 23.9 Å². The molecule has 0 unspecified atom stereocenters. The third-order valence-corrected chi connectivity index (χ3v) is 7.71. The maximum atomic E-state index is 12.9. The number of benzene rings is 1. The monoisotopic (exact) mass is 466 g/mol. The summed E-state index contributed by atoms with van der Waals surface area (Å²) in [4.78, 5) is 18.7. The number of nitrogens with zero attached hydrogens (tertiary/aromatic N) is 1. The van der Waals surface area contributed by atoms with E-state index in [0.717, 1.165) is 52.5 Å².